The minimum atomic E-state index is -0.408. The van der Waals surface area contributed by atoms with Gasteiger partial charge in [-0.3, -0.25) is 4.79 Å². The Hall–Kier alpha value is -1.68. The summed E-state index contributed by atoms with van der Waals surface area (Å²) in [6.45, 7) is 3.42. The smallest absolute Gasteiger partial charge is 0.266 e. The third kappa shape index (κ3) is 2.36. The fourth-order valence-corrected chi connectivity index (χ4v) is 3.53. The molecule has 0 bridgehead atoms. The summed E-state index contributed by atoms with van der Waals surface area (Å²) in [7, 11) is 0. The lowest BCUT2D eigenvalue weighted by Gasteiger charge is -2.22. The Labute approximate surface area is 121 Å². The Balaban J connectivity index is 1.85. The maximum atomic E-state index is 13.6. The highest BCUT2D eigenvalue weighted by Crippen LogP contribution is 2.27. The summed E-state index contributed by atoms with van der Waals surface area (Å²) in [5, 5.41) is 1.62. The highest BCUT2D eigenvalue weighted by atomic mass is 32.1. The van der Waals surface area contributed by atoms with Crippen molar-refractivity contribution in [2.24, 2.45) is 0 Å². The van der Waals surface area contributed by atoms with Crippen molar-refractivity contribution < 1.29 is 9.18 Å². The number of thiophene rings is 1. The van der Waals surface area contributed by atoms with Crippen LogP contribution in [0.15, 0.2) is 35.7 Å². The van der Waals surface area contributed by atoms with Crippen LogP contribution >= 0.6 is 11.3 Å². The van der Waals surface area contributed by atoms with E-state index in [0.717, 1.165) is 6.42 Å². The van der Waals surface area contributed by atoms with Crippen molar-refractivity contribution in [3.8, 4) is 0 Å². The number of fused-ring (bicyclic) bond motifs is 1. The third-order valence-electron chi connectivity index (χ3n) is 3.83. The van der Waals surface area contributed by atoms with E-state index in [1.165, 1.54) is 28.5 Å². The molecule has 0 saturated heterocycles. The first kappa shape index (κ1) is 13.3. The van der Waals surface area contributed by atoms with Crippen LogP contribution in [0, 0.1) is 5.82 Å². The third-order valence-corrected chi connectivity index (χ3v) is 4.71. The number of hydrogen-bond donors (Lipinski definition) is 0. The van der Waals surface area contributed by atoms with E-state index in [0.29, 0.717) is 13.1 Å². The van der Waals surface area contributed by atoms with Gasteiger partial charge in [-0.25, -0.2) is 4.39 Å². The van der Waals surface area contributed by atoms with Crippen LogP contribution in [0.4, 0.5) is 4.39 Å². The van der Waals surface area contributed by atoms with E-state index in [2.05, 4.69) is 19.1 Å². The van der Waals surface area contributed by atoms with Crippen LogP contribution in [0.5, 0.6) is 0 Å². The summed E-state index contributed by atoms with van der Waals surface area (Å²) < 4.78 is 13.6. The fourth-order valence-electron chi connectivity index (χ4n) is 2.79. The highest BCUT2D eigenvalue weighted by Gasteiger charge is 2.25. The van der Waals surface area contributed by atoms with E-state index in [-0.39, 0.29) is 16.7 Å². The SMILES string of the molecule is CC1CN(C(=O)c2sccc2F)CCc2ccccc21. The van der Waals surface area contributed by atoms with Crippen LogP contribution in [0.2, 0.25) is 0 Å². The van der Waals surface area contributed by atoms with Crippen LogP contribution in [-0.4, -0.2) is 23.9 Å². The molecule has 0 fully saturated rings. The number of nitrogens with zero attached hydrogens (tertiary/aromatic N) is 1. The second-order valence-corrected chi connectivity index (χ2v) is 6.11. The van der Waals surface area contributed by atoms with Crippen LogP contribution < -0.4 is 0 Å². The summed E-state index contributed by atoms with van der Waals surface area (Å²) in [4.78, 5) is 14.4. The zero-order valence-electron chi connectivity index (χ0n) is 11.3. The van der Waals surface area contributed by atoms with Gasteiger partial charge in [0.15, 0.2) is 0 Å². The quantitative estimate of drug-likeness (QED) is 0.784. The summed E-state index contributed by atoms with van der Waals surface area (Å²) >= 11 is 1.18. The van der Waals surface area contributed by atoms with Gasteiger partial charge in [0.1, 0.15) is 10.7 Å². The number of rotatable bonds is 1. The molecule has 3 rings (SSSR count). The molecule has 1 aromatic heterocycles. The molecular formula is C16H16FNOS. The van der Waals surface area contributed by atoms with Crippen molar-refractivity contribution in [3.63, 3.8) is 0 Å². The van der Waals surface area contributed by atoms with Crippen LogP contribution in [0.3, 0.4) is 0 Å². The molecule has 1 aliphatic rings. The number of benzene rings is 1. The Morgan fingerprint density at radius 1 is 1.35 bits per heavy atom. The second-order valence-electron chi connectivity index (χ2n) is 5.20. The average molecular weight is 289 g/mol. The Kier molecular flexibility index (Phi) is 3.57. The van der Waals surface area contributed by atoms with E-state index in [9.17, 15) is 9.18 Å². The lowest BCUT2D eigenvalue weighted by molar-refractivity contribution is 0.0755. The van der Waals surface area contributed by atoms with Crippen LogP contribution in [0.1, 0.15) is 33.6 Å². The van der Waals surface area contributed by atoms with Crippen molar-refractivity contribution in [1.29, 1.82) is 0 Å². The number of amides is 1. The van der Waals surface area contributed by atoms with Gasteiger partial charge in [0.25, 0.3) is 5.91 Å². The normalized spacial score (nSPS) is 18.5. The first-order chi connectivity index (χ1) is 9.66. The fraction of sp³-hybridized carbons (Fsp3) is 0.312. The van der Waals surface area contributed by atoms with Gasteiger partial charge in [-0.2, -0.15) is 0 Å². The second kappa shape index (κ2) is 5.37. The van der Waals surface area contributed by atoms with Crippen LogP contribution in [-0.2, 0) is 6.42 Å². The molecular weight excluding hydrogens is 273 g/mol. The number of carbonyl (C=O) groups excluding carboxylic acids is 1. The van der Waals surface area contributed by atoms with Crippen molar-refractivity contribution in [2.75, 3.05) is 13.1 Å². The molecule has 1 unspecified atom stereocenters. The van der Waals surface area contributed by atoms with Crippen molar-refractivity contribution >= 4 is 17.2 Å². The van der Waals surface area contributed by atoms with E-state index < -0.39 is 5.82 Å². The molecule has 20 heavy (non-hydrogen) atoms. The van der Waals surface area contributed by atoms with Gasteiger partial charge in [0, 0.05) is 13.1 Å². The standard InChI is InChI=1S/C16H16FNOS/c1-11-10-18(16(19)15-14(17)7-9-20-15)8-6-12-4-2-3-5-13(11)12/h2-5,7,9,11H,6,8,10H2,1H3. The Morgan fingerprint density at radius 3 is 2.90 bits per heavy atom. The molecule has 2 aromatic rings. The Morgan fingerprint density at radius 2 is 2.15 bits per heavy atom. The summed E-state index contributed by atoms with van der Waals surface area (Å²) in [5.41, 5.74) is 2.59. The van der Waals surface area contributed by atoms with E-state index in [1.807, 2.05) is 12.1 Å². The average Bonchev–Trinajstić information content (AvgIpc) is 2.81. The predicted molar refractivity (Wildman–Crippen MR) is 78.7 cm³/mol. The first-order valence-corrected chi connectivity index (χ1v) is 7.65. The lowest BCUT2D eigenvalue weighted by Crippen LogP contribution is -2.34. The molecule has 104 valence electrons. The molecule has 0 aliphatic carbocycles. The maximum Gasteiger partial charge on any atom is 0.266 e. The predicted octanol–water partition coefficient (Wildman–Crippen LogP) is 3.69. The van der Waals surface area contributed by atoms with E-state index in [4.69, 9.17) is 0 Å². The zero-order chi connectivity index (χ0) is 14.1. The molecule has 0 saturated carbocycles. The number of halogens is 1. The van der Waals surface area contributed by atoms with Gasteiger partial charge in [-0.15, -0.1) is 11.3 Å². The molecule has 2 nitrogen and oxygen atoms in total. The zero-order valence-corrected chi connectivity index (χ0v) is 12.1. The largest absolute Gasteiger partial charge is 0.337 e. The minimum absolute atomic E-state index is 0.183. The van der Waals surface area contributed by atoms with Crippen molar-refractivity contribution in [2.45, 2.75) is 19.3 Å². The molecule has 4 heteroatoms. The molecule has 1 amide bonds. The molecule has 0 N–H and O–H groups in total. The van der Waals surface area contributed by atoms with Crippen molar-refractivity contribution in [3.05, 3.63) is 57.5 Å². The lowest BCUT2D eigenvalue weighted by atomic mass is 9.96. The minimum Gasteiger partial charge on any atom is -0.337 e. The molecule has 0 spiro atoms. The molecule has 1 atom stereocenters. The monoisotopic (exact) mass is 289 g/mol. The summed E-state index contributed by atoms with van der Waals surface area (Å²) in [5.74, 6) is -0.313. The van der Waals surface area contributed by atoms with Gasteiger partial charge in [-0.05, 0) is 34.9 Å². The van der Waals surface area contributed by atoms with Crippen molar-refractivity contribution in [1.82, 2.24) is 4.90 Å². The van der Waals surface area contributed by atoms with Gasteiger partial charge < -0.3 is 4.90 Å². The maximum absolute atomic E-state index is 13.6. The molecule has 1 aromatic carbocycles. The topological polar surface area (TPSA) is 20.3 Å². The van der Waals surface area contributed by atoms with Crippen LogP contribution in [0.25, 0.3) is 0 Å². The van der Waals surface area contributed by atoms with Gasteiger partial charge >= 0.3 is 0 Å². The highest BCUT2D eigenvalue weighted by molar-refractivity contribution is 7.12. The van der Waals surface area contributed by atoms with E-state index >= 15 is 0 Å². The molecule has 0 radical (unpaired) electrons. The summed E-state index contributed by atoms with van der Waals surface area (Å²) in [6.07, 6.45) is 0.833. The molecule has 1 aliphatic heterocycles. The molecule has 2 heterocycles. The van der Waals surface area contributed by atoms with E-state index in [1.54, 1.807) is 10.3 Å². The van der Waals surface area contributed by atoms with Gasteiger partial charge in [-0.1, -0.05) is 31.2 Å². The number of carbonyl (C=O) groups is 1. The first-order valence-electron chi connectivity index (χ1n) is 6.77. The summed E-state index contributed by atoms with van der Waals surface area (Å²) in [6, 6.07) is 9.66. The Bertz CT molecular complexity index is 637. The van der Waals surface area contributed by atoms with Gasteiger partial charge in [0.05, 0.1) is 0 Å². The van der Waals surface area contributed by atoms with Gasteiger partial charge in [0.2, 0.25) is 0 Å². The number of hydrogen-bond acceptors (Lipinski definition) is 2.